The molecule has 0 spiro atoms. The van der Waals surface area contributed by atoms with Crippen LogP contribution in [0.1, 0.15) is 52.4 Å². The molecule has 2 aliphatic heterocycles. The maximum Gasteiger partial charge on any atom is 0.276 e. The second-order valence-corrected chi connectivity index (χ2v) is 7.64. The van der Waals surface area contributed by atoms with Gasteiger partial charge in [-0.15, -0.1) is 5.10 Å². The molecule has 156 valence electrons. The third-order valence-electron chi connectivity index (χ3n) is 5.56. The zero-order valence-corrected chi connectivity index (χ0v) is 16.7. The van der Waals surface area contributed by atoms with Crippen LogP contribution in [0.15, 0.2) is 12.3 Å². The Morgan fingerprint density at radius 1 is 1.17 bits per heavy atom. The van der Waals surface area contributed by atoms with E-state index in [1.807, 2.05) is 11.8 Å². The molecular weight excluding hydrogens is 374 g/mol. The number of aromatic amines is 1. The summed E-state index contributed by atoms with van der Waals surface area (Å²) in [4.78, 5) is 29.0. The van der Waals surface area contributed by atoms with Gasteiger partial charge in [-0.25, -0.2) is 0 Å². The molecule has 10 heteroatoms. The number of nitrogens with zero attached hydrogens (tertiary/aromatic N) is 6. The highest BCUT2D eigenvalue weighted by atomic mass is 16.5. The van der Waals surface area contributed by atoms with Gasteiger partial charge >= 0.3 is 0 Å². The Hall–Kier alpha value is -2.75. The summed E-state index contributed by atoms with van der Waals surface area (Å²) >= 11 is 0. The van der Waals surface area contributed by atoms with Crippen LogP contribution in [-0.2, 0) is 11.3 Å². The topological polar surface area (TPSA) is 109 Å². The number of hydrogen-bond acceptors (Lipinski definition) is 6. The third-order valence-corrected chi connectivity index (χ3v) is 5.56. The molecule has 0 aliphatic carbocycles. The van der Waals surface area contributed by atoms with Crippen molar-refractivity contribution in [2.45, 2.75) is 45.2 Å². The van der Waals surface area contributed by atoms with Crippen molar-refractivity contribution in [1.82, 2.24) is 35.0 Å². The van der Waals surface area contributed by atoms with Crippen LogP contribution in [-0.4, -0.2) is 85.7 Å². The zero-order valence-electron chi connectivity index (χ0n) is 16.7. The Bertz CT molecular complexity index is 856. The van der Waals surface area contributed by atoms with E-state index >= 15 is 0 Å². The first-order valence-corrected chi connectivity index (χ1v) is 10.2. The second kappa shape index (κ2) is 8.73. The van der Waals surface area contributed by atoms with Gasteiger partial charge in [-0.2, -0.15) is 5.10 Å². The number of aromatic nitrogens is 5. The first-order valence-electron chi connectivity index (χ1n) is 10.2. The van der Waals surface area contributed by atoms with E-state index in [1.54, 1.807) is 21.8 Å². The monoisotopic (exact) mass is 401 g/mol. The molecule has 2 aliphatic rings. The zero-order chi connectivity index (χ0) is 20.2. The summed E-state index contributed by atoms with van der Waals surface area (Å²) in [5, 5.41) is 15.1. The van der Waals surface area contributed by atoms with E-state index < -0.39 is 0 Å². The predicted molar refractivity (Wildman–Crippen MR) is 103 cm³/mol. The van der Waals surface area contributed by atoms with E-state index in [9.17, 15) is 9.59 Å². The van der Waals surface area contributed by atoms with E-state index in [-0.39, 0.29) is 17.9 Å². The fraction of sp³-hybridized carbons (Fsp3) is 0.632. The van der Waals surface area contributed by atoms with E-state index in [1.165, 1.54) is 0 Å². The van der Waals surface area contributed by atoms with Crippen LogP contribution in [0, 0.1) is 6.92 Å². The van der Waals surface area contributed by atoms with E-state index in [2.05, 4.69) is 20.5 Å². The van der Waals surface area contributed by atoms with Crippen molar-refractivity contribution in [3.63, 3.8) is 0 Å². The molecule has 2 aromatic rings. The van der Waals surface area contributed by atoms with E-state index in [0.717, 1.165) is 37.9 Å². The van der Waals surface area contributed by atoms with Crippen molar-refractivity contribution in [3.05, 3.63) is 29.3 Å². The van der Waals surface area contributed by atoms with E-state index in [4.69, 9.17) is 4.74 Å². The van der Waals surface area contributed by atoms with Crippen molar-refractivity contribution < 1.29 is 14.3 Å². The summed E-state index contributed by atoms with van der Waals surface area (Å²) in [7, 11) is 0. The number of carbonyl (C=O) groups is 2. The maximum atomic E-state index is 12.9. The fourth-order valence-corrected chi connectivity index (χ4v) is 3.96. The highest BCUT2D eigenvalue weighted by molar-refractivity contribution is 5.93. The summed E-state index contributed by atoms with van der Waals surface area (Å²) < 4.78 is 6.98. The quantitative estimate of drug-likeness (QED) is 0.796. The number of H-pyrrole nitrogens is 1. The van der Waals surface area contributed by atoms with Crippen molar-refractivity contribution in [3.8, 4) is 0 Å². The van der Waals surface area contributed by atoms with E-state index in [0.29, 0.717) is 44.2 Å². The summed E-state index contributed by atoms with van der Waals surface area (Å²) in [5.74, 6) is -0.135. The van der Waals surface area contributed by atoms with Crippen LogP contribution in [0.2, 0.25) is 0 Å². The molecule has 2 aromatic heterocycles. The minimum absolute atomic E-state index is 0.0270. The lowest BCUT2D eigenvalue weighted by Gasteiger charge is -2.35. The lowest BCUT2D eigenvalue weighted by molar-refractivity contribution is 0.0299. The molecule has 4 rings (SSSR count). The molecule has 29 heavy (non-hydrogen) atoms. The Kier molecular flexibility index (Phi) is 5.89. The average molecular weight is 401 g/mol. The molecule has 10 nitrogen and oxygen atoms in total. The fourth-order valence-electron chi connectivity index (χ4n) is 3.96. The van der Waals surface area contributed by atoms with Gasteiger partial charge in [-0.05, 0) is 38.7 Å². The first-order chi connectivity index (χ1) is 14.1. The van der Waals surface area contributed by atoms with Gasteiger partial charge in [0.25, 0.3) is 11.8 Å². The van der Waals surface area contributed by atoms with Gasteiger partial charge in [0, 0.05) is 37.9 Å². The van der Waals surface area contributed by atoms with Gasteiger partial charge in [0.2, 0.25) is 0 Å². The molecular formula is C19H27N7O3. The number of rotatable bonds is 5. The standard InChI is InChI=1S/C19H27N7O3/c1-14-12-16(21-20-14)19(28)26-6-3-2-4-15(26)5-7-25-13-17(22-23-25)18(27)24-8-10-29-11-9-24/h12-13,15H,2-11H2,1H3,(H,20,21). The first kappa shape index (κ1) is 19.6. The van der Waals surface area contributed by atoms with Gasteiger partial charge in [0.05, 0.1) is 19.4 Å². The number of ether oxygens (including phenoxy) is 1. The van der Waals surface area contributed by atoms with Crippen molar-refractivity contribution in [1.29, 1.82) is 0 Å². The maximum absolute atomic E-state index is 12.9. The smallest absolute Gasteiger partial charge is 0.276 e. The number of likely N-dealkylation sites (tertiary alicyclic amines) is 1. The highest BCUT2D eigenvalue weighted by Crippen LogP contribution is 2.22. The lowest BCUT2D eigenvalue weighted by atomic mass is 9.99. The summed E-state index contributed by atoms with van der Waals surface area (Å²) in [5.41, 5.74) is 1.70. The van der Waals surface area contributed by atoms with Crippen LogP contribution < -0.4 is 0 Å². The molecule has 2 saturated heterocycles. The number of aryl methyl sites for hydroxylation is 2. The molecule has 0 saturated carbocycles. The Labute approximate surface area is 169 Å². The SMILES string of the molecule is Cc1cc(C(=O)N2CCCCC2CCn2cc(C(=O)N3CCOCC3)nn2)n[nH]1. The van der Waals surface area contributed by atoms with Crippen molar-refractivity contribution in [2.24, 2.45) is 0 Å². The van der Waals surface area contributed by atoms with Gasteiger partial charge < -0.3 is 14.5 Å². The molecule has 4 heterocycles. The molecule has 0 bridgehead atoms. The number of morpholine rings is 1. The molecule has 1 N–H and O–H groups in total. The Morgan fingerprint density at radius 2 is 2.00 bits per heavy atom. The number of nitrogens with one attached hydrogen (secondary N) is 1. The summed E-state index contributed by atoms with van der Waals surface area (Å²) in [6, 6.07) is 1.92. The minimum atomic E-state index is -0.108. The van der Waals surface area contributed by atoms with Crippen molar-refractivity contribution >= 4 is 11.8 Å². The Balaban J connectivity index is 1.36. The number of piperidine rings is 1. The predicted octanol–water partition coefficient (Wildman–Crippen LogP) is 0.867. The molecule has 2 fully saturated rings. The van der Waals surface area contributed by atoms with Crippen LogP contribution in [0.4, 0.5) is 0 Å². The van der Waals surface area contributed by atoms with Crippen LogP contribution >= 0.6 is 0 Å². The average Bonchev–Trinajstić information content (AvgIpc) is 3.41. The van der Waals surface area contributed by atoms with Crippen molar-refractivity contribution in [2.75, 3.05) is 32.8 Å². The summed E-state index contributed by atoms with van der Waals surface area (Å²) in [6.45, 7) is 5.51. The number of hydrogen-bond donors (Lipinski definition) is 1. The number of amides is 2. The van der Waals surface area contributed by atoms with Crippen LogP contribution in [0.25, 0.3) is 0 Å². The van der Waals surface area contributed by atoms with Crippen LogP contribution in [0.5, 0.6) is 0 Å². The second-order valence-electron chi connectivity index (χ2n) is 7.64. The number of carbonyl (C=O) groups excluding carboxylic acids is 2. The summed E-state index contributed by atoms with van der Waals surface area (Å²) in [6.07, 6.45) is 5.54. The molecule has 1 unspecified atom stereocenters. The van der Waals surface area contributed by atoms with Gasteiger partial charge in [0.15, 0.2) is 5.69 Å². The highest BCUT2D eigenvalue weighted by Gasteiger charge is 2.29. The van der Waals surface area contributed by atoms with Crippen LogP contribution in [0.3, 0.4) is 0 Å². The minimum Gasteiger partial charge on any atom is -0.378 e. The largest absolute Gasteiger partial charge is 0.378 e. The van der Waals surface area contributed by atoms with Gasteiger partial charge in [-0.3, -0.25) is 19.4 Å². The third kappa shape index (κ3) is 4.47. The molecule has 2 amide bonds. The van der Waals surface area contributed by atoms with Gasteiger partial charge in [0.1, 0.15) is 5.69 Å². The van der Waals surface area contributed by atoms with Gasteiger partial charge in [-0.1, -0.05) is 5.21 Å². The normalized spacial score (nSPS) is 20.1. The Morgan fingerprint density at radius 3 is 2.76 bits per heavy atom. The molecule has 1 atom stereocenters. The molecule has 0 radical (unpaired) electrons. The lowest BCUT2D eigenvalue weighted by Crippen LogP contribution is -2.44. The molecule has 0 aromatic carbocycles.